The summed E-state index contributed by atoms with van der Waals surface area (Å²) in [6.45, 7) is 4.02. The first-order chi connectivity index (χ1) is 12.1. The number of nitrogens with zero attached hydrogens (tertiary/aromatic N) is 1. The highest BCUT2D eigenvalue weighted by Crippen LogP contribution is 2.31. The molecular formula is C20H26N2O2S. The molecule has 5 heteroatoms. The van der Waals surface area contributed by atoms with E-state index in [1.807, 2.05) is 25.1 Å². The minimum atomic E-state index is -0.166. The highest BCUT2D eigenvalue weighted by molar-refractivity contribution is 8.00. The van der Waals surface area contributed by atoms with Crippen LogP contribution in [0.4, 0.5) is 0 Å². The number of rotatable bonds is 5. The molecule has 1 amide bonds. The molecular weight excluding hydrogens is 332 g/mol. The van der Waals surface area contributed by atoms with Gasteiger partial charge in [-0.1, -0.05) is 43.2 Å². The highest BCUT2D eigenvalue weighted by atomic mass is 32.2. The second-order valence-electron chi connectivity index (χ2n) is 6.74. The summed E-state index contributed by atoms with van der Waals surface area (Å²) in [7, 11) is 1.66. The number of para-hydroxylation sites is 1. The summed E-state index contributed by atoms with van der Waals surface area (Å²) in [5, 5.41) is 4.98. The molecule has 1 aliphatic carbocycles. The molecule has 3 rings (SSSR count). The number of aryl methyl sites for hydroxylation is 1. The SMILES string of the molecule is COc1cccc2c(C)cc(SC(C)C(=O)NC3CCCCC3)nc12. The third-order valence-corrected chi connectivity index (χ3v) is 5.84. The average molecular weight is 359 g/mol. The summed E-state index contributed by atoms with van der Waals surface area (Å²) < 4.78 is 5.44. The number of aromatic nitrogens is 1. The largest absolute Gasteiger partial charge is 0.494 e. The lowest BCUT2D eigenvalue weighted by Gasteiger charge is -2.24. The van der Waals surface area contributed by atoms with E-state index in [0.717, 1.165) is 40.1 Å². The van der Waals surface area contributed by atoms with Gasteiger partial charge in [0.1, 0.15) is 11.3 Å². The van der Waals surface area contributed by atoms with Crippen molar-refractivity contribution in [2.24, 2.45) is 0 Å². The number of fused-ring (bicyclic) bond motifs is 1. The van der Waals surface area contributed by atoms with Crippen molar-refractivity contribution < 1.29 is 9.53 Å². The molecule has 1 unspecified atom stereocenters. The van der Waals surface area contributed by atoms with Crippen LogP contribution in [0.1, 0.15) is 44.6 Å². The van der Waals surface area contributed by atoms with Gasteiger partial charge in [-0.3, -0.25) is 4.79 Å². The summed E-state index contributed by atoms with van der Waals surface area (Å²) >= 11 is 1.51. The number of pyridine rings is 1. The summed E-state index contributed by atoms with van der Waals surface area (Å²) in [5.41, 5.74) is 2.00. The number of benzene rings is 1. The van der Waals surface area contributed by atoms with Crippen LogP contribution in [-0.4, -0.2) is 29.3 Å². The quantitative estimate of drug-likeness (QED) is 0.801. The Morgan fingerprint density at radius 3 is 2.80 bits per heavy atom. The number of carbonyl (C=O) groups is 1. The zero-order valence-electron chi connectivity index (χ0n) is 15.2. The van der Waals surface area contributed by atoms with Crippen molar-refractivity contribution in [3.8, 4) is 5.75 Å². The van der Waals surface area contributed by atoms with Crippen LogP contribution in [0.2, 0.25) is 0 Å². The molecule has 4 nitrogen and oxygen atoms in total. The van der Waals surface area contributed by atoms with Gasteiger partial charge < -0.3 is 10.1 Å². The summed E-state index contributed by atoms with van der Waals surface area (Å²) in [5.74, 6) is 0.874. The van der Waals surface area contributed by atoms with E-state index in [0.29, 0.717) is 6.04 Å². The number of methoxy groups -OCH3 is 1. The number of nitrogens with one attached hydrogen (secondary N) is 1. The maximum Gasteiger partial charge on any atom is 0.233 e. The molecule has 0 aliphatic heterocycles. The molecule has 0 spiro atoms. The Balaban J connectivity index is 1.74. The normalized spacial score (nSPS) is 16.6. The maximum absolute atomic E-state index is 12.5. The summed E-state index contributed by atoms with van der Waals surface area (Å²) in [6.07, 6.45) is 5.94. The molecule has 1 saturated carbocycles. The van der Waals surface area contributed by atoms with Gasteiger partial charge in [0.05, 0.1) is 17.4 Å². The van der Waals surface area contributed by atoms with Crippen LogP contribution in [0.25, 0.3) is 10.9 Å². The van der Waals surface area contributed by atoms with E-state index in [2.05, 4.69) is 18.3 Å². The van der Waals surface area contributed by atoms with Crippen LogP contribution < -0.4 is 10.1 Å². The molecule has 1 atom stereocenters. The Bertz CT molecular complexity index is 757. The molecule has 1 aromatic heterocycles. The summed E-state index contributed by atoms with van der Waals surface area (Å²) in [4.78, 5) is 17.2. The molecule has 0 saturated heterocycles. The van der Waals surface area contributed by atoms with Crippen molar-refractivity contribution in [2.75, 3.05) is 7.11 Å². The standard InChI is InChI=1S/C20H26N2O2S/c1-13-12-18(22-19-16(13)10-7-11-17(19)24-3)25-14(2)20(23)21-15-8-5-4-6-9-15/h7,10-12,14-15H,4-6,8-9H2,1-3H3,(H,21,23). The zero-order valence-corrected chi connectivity index (χ0v) is 16.0. The van der Waals surface area contributed by atoms with Crippen LogP contribution >= 0.6 is 11.8 Å². The first-order valence-corrected chi connectivity index (χ1v) is 9.88. The monoisotopic (exact) mass is 358 g/mol. The van der Waals surface area contributed by atoms with Crippen molar-refractivity contribution in [1.82, 2.24) is 10.3 Å². The van der Waals surface area contributed by atoms with Crippen LogP contribution in [-0.2, 0) is 4.79 Å². The number of amides is 1. The molecule has 1 N–H and O–H groups in total. The summed E-state index contributed by atoms with van der Waals surface area (Å²) in [6, 6.07) is 8.34. The van der Waals surface area contributed by atoms with E-state index in [9.17, 15) is 4.79 Å². The molecule has 1 aromatic carbocycles. The zero-order chi connectivity index (χ0) is 17.8. The topological polar surface area (TPSA) is 51.2 Å². The second-order valence-corrected chi connectivity index (χ2v) is 8.10. The molecule has 0 bridgehead atoms. The van der Waals surface area contributed by atoms with E-state index in [1.54, 1.807) is 7.11 Å². The number of hydrogen-bond donors (Lipinski definition) is 1. The van der Waals surface area contributed by atoms with Crippen LogP contribution in [0.5, 0.6) is 5.75 Å². The Labute approximate surface area is 153 Å². The first kappa shape index (κ1) is 18.1. The minimum Gasteiger partial charge on any atom is -0.494 e. The number of hydrogen-bond acceptors (Lipinski definition) is 4. The van der Waals surface area contributed by atoms with Crippen molar-refractivity contribution in [1.29, 1.82) is 0 Å². The van der Waals surface area contributed by atoms with E-state index >= 15 is 0 Å². The highest BCUT2D eigenvalue weighted by Gasteiger charge is 2.21. The van der Waals surface area contributed by atoms with Crippen LogP contribution in [0, 0.1) is 6.92 Å². The number of ether oxygens (including phenoxy) is 1. The Kier molecular flexibility index (Phi) is 5.84. The van der Waals surface area contributed by atoms with Gasteiger partial charge >= 0.3 is 0 Å². The van der Waals surface area contributed by atoms with E-state index < -0.39 is 0 Å². The number of carbonyl (C=O) groups excluding carboxylic acids is 1. The van der Waals surface area contributed by atoms with Gasteiger partial charge in [0, 0.05) is 11.4 Å². The van der Waals surface area contributed by atoms with Gasteiger partial charge in [0.25, 0.3) is 0 Å². The van der Waals surface area contributed by atoms with Crippen molar-refractivity contribution in [3.63, 3.8) is 0 Å². The van der Waals surface area contributed by atoms with E-state index in [-0.39, 0.29) is 11.2 Å². The van der Waals surface area contributed by atoms with Crippen molar-refractivity contribution >= 4 is 28.6 Å². The van der Waals surface area contributed by atoms with Crippen molar-refractivity contribution in [3.05, 3.63) is 29.8 Å². The van der Waals surface area contributed by atoms with Gasteiger partial charge in [-0.05, 0) is 44.4 Å². The Morgan fingerprint density at radius 1 is 1.32 bits per heavy atom. The molecule has 134 valence electrons. The second kappa shape index (κ2) is 8.09. The minimum absolute atomic E-state index is 0.108. The third kappa shape index (κ3) is 4.27. The fraction of sp³-hybridized carbons (Fsp3) is 0.500. The molecule has 1 heterocycles. The smallest absolute Gasteiger partial charge is 0.233 e. The predicted molar refractivity (Wildman–Crippen MR) is 103 cm³/mol. The molecule has 1 fully saturated rings. The lowest BCUT2D eigenvalue weighted by Crippen LogP contribution is -2.40. The van der Waals surface area contributed by atoms with Gasteiger partial charge in [-0.25, -0.2) is 4.98 Å². The predicted octanol–water partition coefficient (Wildman–Crippen LogP) is 4.48. The molecule has 2 aromatic rings. The van der Waals surface area contributed by atoms with Gasteiger partial charge in [-0.2, -0.15) is 0 Å². The molecule has 1 aliphatic rings. The first-order valence-electron chi connectivity index (χ1n) is 9.00. The average Bonchev–Trinajstić information content (AvgIpc) is 2.62. The lowest BCUT2D eigenvalue weighted by atomic mass is 9.95. The molecule has 25 heavy (non-hydrogen) atoms. The lowest BCUT2D eigenvalue weighted by molar-refractivity contribution is -0.121. The number of thioether (sulfide) groups is 1. The van der Waals surface area contributed by atoms with Crippen LogP contribution in [0.15, 0.2) is 29.3 Å². The maximum atomic E-state index is 12.5. The van der Waals surface area contributed by atoms with Gasteiger partial charge in [-0.15, -0.1) is 0 Å². The van der Waals surface area contributed by atoms with E-state index in [4.69, 9.17) is 9.72 Å². The Hall–Kier alpha value is -1.75. The van der Waals surface area contributed by atoms with Crippen molar-refractivity contribution in [2.45, 2.75) is 62.3 Å². The van der Waals surface area contributed by atoms with Crippen LogP contribution in [0.3, 0.4) is 0 Å². The van der Waals surface area contributed by atoms with E-state index in [1.165, 1.54) is 31.0 Å². The van der Waals surface area contributed by atoms with Gasteiger partial charge in [0.2, 0.25) is 5.91 Å². The third-order valence-electron chi connectivity index (χ3n) is 4.82. The Morgan fingerprint density at radius 2 is 2.08 bits per heavy atom. The fourth-order valence-corrected chi connectivity index (χ4v) is 4.31. The fourth-order valence-electron chi connectivity index (χ4n) is 3.39. The van der Waals surface area contributed by atoms with Gasteiger partial charge in [0.15, 0.2) is 0 Å². The molecule has 0 radical (unpaired) electrons.